The van der Waals surface area contributed by atoms with Crippen LogP contribution in [0.15, 0.2) is 0 Å². The van der Waals surface area contributed by atoms with E-state index in [0.717, 1.165) is 0 Å². The first-order chi connectivity index (χ1) is 7.52. The molecular weight excluding hydrogens is 208 g/mol. The van der Waals surface area contributed by atoms with E-state index in [9.17, 15) is 4.79 Å². The Morgan fingerprint density at radius 1 is 1.12 bits per heavy atom. The Hall–Kier alpha value is -0.650. The minimum atomic E-state index is -0.0637. The minimum Gasteiger partial charge on any atom is -0.395 e. The first kappa shape index (κ1) is 15.3. The summed E-state index contributed by atoms with van der Waals surface area (Å²) in [5, 5.41) is 17.6. The third-order valence-electron chi connectivity index (χ3n) is 2.65. The van der Waals surface area contributed by atoms with E-state index in [-0.39, 0.29) is 19.1 Å². The highest BCUT2D eigenvalue weighted by molar-refractivity contribution is 5.76. The van der Waals surface area contributed by atoms with Gasteiger partial charge in [-0.15, -0.1) is 0 Å². The molecule has 0 radical (unpaired) electrons. The lowest BCUT2D eigenvalue weighted by Crippen LogP contribution is -2.38. The molecular formula is C11H24N2O3. The molecule has 0 heterocycles. The molecule has 0 aliphatic carbocycles. The molecule has 0 aromatic heterocycles. The van der Waals surface area contributed by atoms with Crippen molar-refractivity contribution < 1.29 is 15.0 Å². The van der Waals surface area contributed by atoms with Gasteiger partial charge in [0.2, 0.25) is 5.91 Å². The monoisotopic (exact) mass is 232 g/mol. The fourth-order valence-electron chi connectivity index (χ4n) is 1.29. The number of aliphatic hydroxyl groups is 2. The molecule has 1 amide bonds. The van der Waals surface area contributed by atoms with Crippen molar-refractivity contribution in [3.8, 4) is 0 Å². The summed E-state index contributed by atoms with van der Waals surface area (Å²) in [5.41, 5.74) is 0. The Labute approximate surface area is 97.7 Å². The van der Waals surface area contributed by atoms with Crippen LogP contribution in [0, 0.1) is 0 Å². The highest BCUT2D eigenvalue weighted by Crippen LogP contribution is 1.99. The molecule has 0 bridgehead atoms. The number of amides is 1. The van der Waals surface area contributed by atoms with Crippen LogP contribution >= 0.6 is 0 Å². The topological polar surface area (TPSA) is 64.0 Å². The molecule has 0 aromatic carbocycles. The molecule has 16 heavy (non-hydrogen) atoms. The molecule has 0 unspecified atom stereocenters. The average molecular weight is 232 g/mol. The summed E-state index contributed by atoms with van der Waals surface area (Å²) in [6, 6.07) is 0.414. The van der Waals surface area contributed by atoms with E-state index in [2.05, 4.69) is 18.7 Å². The van der Waals surface area contributed by atoms with E-state index in [1.807, 2.05) is 7.05 Å². The fraction of sp³-hybridized carbons (Fsp3) is 0.909. The summed E-state index contributed by atoms with van der Waals surface area (Å²) in [5.74, 6) is -0.0180. The highest BCUT2D eigenvalue weighted by atomic mass is 16.3. The molecule has 0 aliphatic rings. The molecule has 0 aromatic rings. The number of carbonyl (C=O) groups excluding carboxylic acids is 1. The first-order valence-corrected chi connectivity index (χ1v) is 5.72. The number of nitrogens with zero attached hydrogens (tertiary/aromatic N) is 2. The van der Waals surface area contributed by atoms with Gasteiger partial charge in [0.25, 0.3) is 0 Å². The number of rotatable bonds is 8. The Bertz CT molecular complexity index is 192. The number of hydrogen-bond donors (Lipinski definition) is 2. The largest absolute Gasteiger partial charge is 0.395 e. The van der Waals surface area contributed by atoms with Crippen molar-refractivity contribution in [2.24, 2.45) is 0 Å². The van der Waals surface area contributed by atoms with Gasteiger partial charge in [0.1, 0.15) is 0 Å². The molecule has 0 saturated heterocycles. The van der Waals surface area contributed by atoms with Gasteiger partial charge in [-0.2, -0.15) is 0 Å². The van der Waals surface area contributed by atoms with Gasteiger partial charge in [-0.05, 0) is 20.9 Å². The van der Waals surface area contributed by atoms with Crippen LogP contribution in [0.4, 0.5) is 0 Å². The Morgan fingerprint density at radius 3 is 2.00 bits per heavy atom. The average Bonchev–Trinajstić information content (AvgIpc) is 2.24. The van der Waals surface area contributed by atoms with Crippen molar-refractivity contribution in [2.75, 3.05) is 39.9 Å². The van der Waals surface area contributed by atoms with E-state index in [0.29, 0.717) is 32.1 Å². The molecule has 5 heteroatoms. The van der Waals surface area contributed by atoms with Gasteiger partial charge in [0.15, 0.2) is 0 Å². The second-order valence-corrected chi connectivity index (χ2v) is 4.15. The van der Waals surface area contributed by atoms with E-state index >= 15 is 0 Å². The van der Waals surface area contributed by atoms with Gasteiger partial charge >= 0.3 is 0 Å². The van der Waals surface area contributed by atoms with Crippen LogP contribution in [0.1, 0.15) is 20.3 Å². The van der Waals surface area contributed by atoms with Gasteiger partial charge < -0.3 is 20.0 Å². The lowest BCUT2D eigenvalue weighted by molar-refractivity contribution is -0.132. The second kappa shape index (κ2) is 8.50. The molecule has 0 spiro atoms. The quantitative estimate of drug-likeness (QED) is 0.594. The maximum Gasteiger partial charge on any atom is 0.224 e. The first-order valence-electron chi connectivity index (χ1n) is 5.72. The summed E-state index contributed by atoms with van der Waals surface area (Å²) in [4.78, 5) is 15.3. The van der Waals surface area contributed by atoms with Crippen molar-refractivity contribution in [3.63, 3.8) is 0 Å². The standard InChI is InChI=1S/C11H24N2O3/c1-10(2)12(3)5-4-11(16)13(6-8-14)7-9-15/h10,14-15H,4-9H2,1-3H3. The van der Waals surface area contributed by atoms with Gasteiger partial charge in [-0.1, -0.05) is 0 Å². The van der Waals surface area contributed by atoms with Crippen molar-refractivity contribution in [2.45, 2.75) is 26.3 Å². The van der Waals surface area contributed by atoms with Gasteiger partial charge in [-0.25, -0.2) is 0 Å². The molecule has 96 valence electrons. The summed E-state index contributed by atoms with van der Waals surface area (Å²) in [6.45, 7) is 5.31. The SMILES string of the molecule is CC(C)N(C)CCC(=O)N(CCO)CCO. The highest BCUT2D eigenvalue weighted by Gasteiger charge is 2.13. The normalized spacial score (nSPS) is 11.2. The van der Waals surface area contributed by atoms with Crippen LogP contribution < -0.4 is 0 Å². The molecule has 0 aliphatic heterocycles. The number of aliphatic hydroxyl groups excluding tert-OH is 2. The van der Waals surface area contributed by atoms with Crippen LogP contribution in [0.2, 0.25) is 0 Å². The molecule has 0 rings (SSSR count). The van der Waals surface area contributed by atoms with E-state index in [1.165, 1.54) is 4.90 Å². The van der Waals surface area contributed by atoms with Crippen LogP contribution in [0.25, 0.3) is 0 Å². The second-order valence-electron chi connectivity index (χ2n) is 4.15. The third kappa shape index (κ3) is 6.05. The summed E-state index contributed by atoms with van der Waals surface area (Å²) in [6.07, 6.45) is 0.425. The third-order valence-corrected chi connectivity index (χ3v) is 2.65. The maximum absolute atomic E-state index is 11.7. The Kier molecular flexibility index (Phi) is 8.15. The zero-order chi connectivity index (χ0) is 12.6. The van der Waals surface area contributed by atoms with E-state index < -0.39 is 0 Å². The lowest BCUT2D eigenvalue weighted by Gasteiger charge is -2.24. The van der Waals surface area contributed by atoms with Crippen LogP contribution in [0.3, 0.4) is 0 Å². The van der Waals surface area contributed by atoms with Crippen molar-refractivity contribution in [3.05, 3.63) is 0 Å². The summed E-state index contributed by atoms with van der Waals surface area (Å²) in [7, 11) is 1.97. The predicted molar refractivity (Wildman–Crippen MR) is 63.1 cm³/mol. The number of hydrogen-bond acceptors (Lipinski definition) is 4. The molecule has 0 saturated carbocycles. The van der Waals surface area contributed by atoms with Crippen molar-refractivity contribution in [1.29, 1.82) is 0 Å². The predicted octanol–water partition coefficient (Wildman–Crippen LogP) is -0.470. The summed E-state index contributed by atoms with van der Waals surface area (Å²) < 4.78 is 0. The van der Waals surface area contributed by atoms with Crippen LogP contribution in [0.5, 0.6) is 0 Å². The minimum absolute atomic E-state index is 0.0180. The van der Waals surface area contributed by atoms with Gasteiger partial charge in [0, 0.05) is 32.1 Å². The van der Waals surface area contributed by atoms with E-state index in [4.69, 9.17) is 10.2 Å². The maximum atomic E-state index is 11.7. The zero-order valence-corrected chi connectivity index (χ0v) is 10.5. The fourth-order valence-corrected chi connectivity index (χ4v) is 1.29. The molecule has 0 fully saturated rings. The summed E-state index contributed by atoms with van der Waals surface area (Å²) >= 11 is 0. The van der Waals surface area contributed by atoms with Crippen LogP contribution in [-0.2, 0) is 4.79 Å². The van der Waals surface area contributed by atoms with Crippen molar-refractivity contribution >= 4 is 5.91 Å². The molecule has 2 N–H and O–H groups in total. The van der Waals surface area contributed by atoms with E-state index in [1.54, 1.807) is 0 Å². The smallest absolute Gasteiger partial charge is 0.224 e. The number of carbonyl (C=O) groups is 1. The Morgan fingerprint density at radius 2 is 1.62 bits per heavy atom. The zero-order valence-electron chi connectivity index (χ0n) is 10.5. The Balaban J connectivity index is 3.99. The van der Waals surface area contributed by atoms with Gasteiger partial charge in [-0.3, -0.25) is 4.79 Å². The molecule has 5 nitrogen and oxygen atoms in total. The lowest BCUT2D eigenvalue weighted by atomic mass is 10.3. The molecule has 0 atom stereocenters. The van der Waals surface area contributed by atoms with Crippen LogP contribution in [-0.4, -0.2) is 71.9 Å². The van der Waals surface area contributed by atoms with Crippen molar-refractivity contribution in [1.82, 2.24) is 9.80 Å². The van der Waals surface area contributed by atoms with Gasteiger partial charge in [0.05, 0.1) is 13.2 Å².